The van der Waals surface area contributed by atoms with E-state index in [4.69, 9.17) is 0 Å². The molecule has 96 valence electrons. The van der Waals surface area contributed by atoms with E-state index in [2.05, 4.69) is 18.2 Å². The predicted octanol–water partition coefficient (Wildman–Crippen LogP) is 0.605. The number of para-hydroxylation sites is 1. The Bertz CT molecular complexity index is 595. The number of amides is 1. The van der Waals surface area contributed by atoms with Crippen molar-refractivity contribution < 1.29 is 23.7 Å². The first-order valence-electron chi connectivity index (χ1n) is 6.47. The molecule has 0 aromatic heterocycles. The molecule has 2 aromatic carbocycles. The number of nitrogens with zero attached hydrogens (tertiary/aromatic N) is 1. The summed E-state index contributed by atoms with van der Waals surface area (Å²) in [5.74, 6) is 0.156. The van der Waals surface area contributed by atoms with Crippen molar-refractivity contribution in [3.05, 3.63) is 66.2 Å². The van der Waals surface area contributed by atoms with Crippen LogP contribution in [0.1, 0.15) is 25.5 Å². The Morgan fingerprint density at radius 2 is 1.70 bits per heavy atom. The van der Waals surface area contributed by atoms with Gasteiger partial charge in [-0.05, 0) is 19.4 Å². The number of carbonyl (C=O) groups excluding carboxylic acids is 1. The van der Waals surface area contributed by atoms with E-state index in [1.165, 1.54) is 5.56 Å². The van der Waals surface area contributed by atoms with Crippen molar-refractivity contribution >= 4 is 11.6 Å². The zero-order valence-electron chi connectivity index (χ0n) is 12.1. The van der Waals surface area contributed by atoms with Crippen LogP contribution < -0.4 is 23.8 Å². The Hall–Kier alpha value is -1.49. The molecule has 20 heavy (non-hydrogen) atoms. The molecule has 2 nitrogen and oxygen atoms in total. The zero-order valence-corrected chi connectivity index (χ0v) is 12.1. The first kappa shape index (κ1) is 14.9. The van der Waals surface area contributed by atoms with E-state index >= 15 is 0 Å². The fraction of sp³-hybridized carbons (Fsp3) is 0.235. The minimum Gasteiger partial charge on any atom is -0.327 e. The van der Waals surface area contributed by atoms with Gasteiger partial charge in [-0.25, -0.2) is 0 Å². The zero-order chi connectivity index (χ0) is 13.5. The molecular weight excluding hydrogens is 241 g/mol. The van der Waals surface area contributed by atoms with Crippen molar-refractivity contribution in [2.75, 3.05) is 4.90 Å². The molecule has 1 fully saturated rings. The van der Waals surface area contributed by atoms with Crippen molar-refractivity contribution in [3.63, 3.8) is 0 Å². The summed E-state index contributed by atoms with van der Waals surface area (Å²) in [5.41, 5.74) is 1.66. The van der Waals surface area contributed by atoms with Crippen LogP contribution in [-0.2, 0) is 4.79 Å². The summed E-state index contributed by atoms with van der Waals surface area (Å²) >= 11 is 0. The maximum atomic E-state index is 12.4. The van der Waals surface area contributed by atoms with Crippen LogP contribution >= 0.6 is 0 Å². The van der Waals surface area contributed by atoms with Gasteiger partial charge in [0, 0.05) is 0 Å². The molecule has 1 heterocycles. The van der Waals surface area contributed by atoms with Crippen LogP contribution in [0.5, 0.6) is 0 Å². The summed E-state index contributed by atoms with van der Waals surface area (Å²) < 4.78 is 0. The van der Waals surface area contributed by atoms with Crippen molar-refractivity contribution in [3.8, 4) is 0 Å². The number of carbonyl (C=O) groups is 1. The fourth-order valence-corrected chi connectivity index (χ4v) is 2.78. The molecule has 2 aromatic rings. The SMILES string of the molecule is CC1(C)C(=O)N(c2[c-]cccc2)C1c1ccccc1.[Li+]. The Morgan fingerprint density at radius 1 is 1.05 bits per heavy atom. The quantitative estimate of drug-likeness (QED) is 0.438. The van der Waals surface area contributed by atoms with Gasteiger partial charge in [0.25, 0.3) is 0 Å². The average molecular weight is 257 g/mol. The van der Waals surface area contributed by atoms with E-state index < -0.39 is 0 Å². The first-order chi connectivity index (χ1) is 9.12. The second kappa shape index (κ2) is 5.48. The molecule has 1 saturated heterocycles. The third kappa shape index (κ3) is 2.20. The standard InChI is InChI=1S/C17H16NO.Li/c1-17(2)15(13-9-5-3-6-10-13)18(16(17)19)14-11-7-4-8-12-14;/h3-11,15H,1-2H3;/q-1;+1. The molecule has 1 amide bonds. The van der Waals surface area contributed by atoms with Gasteiger partial charge in [0.15, 0.2) is 0 Å². The fourth-order valence-electron chi connectivity index (χ4n) is 2.78. The van der Waals surface area contributed by atoms with Crippen LogP contribution in [0.15, 0.2) is 54.6 Å². The van der Waals surface area contributed by atoms with Crippen molar-refractivity contribution in [2.24, 2.45) is 5.41 Å². The smallest absolute Gasteiger partial charge is 0.327 e. The van der Waals surface area contributed by atoms with Gasteiger partial charge in [0.1, 0.15) is 0 Å². The summed E-state index contributed by atoms with van der Waals surface area (Å²) in [6, 6.07) is 21.0. The van der Waals surface area contributed by atoms with Gasteiger partial charge in [-0.3, -0.25) is 4.79 Å². The largest absolute Gasteiger partial charge is 1.00 e. The molecular formula is C17H16LiNO. The summed E-state index contributed by atoms with van der Waals surface area (Å²) in [6.45, 7) is 4.01. The Morgan fingerprint density at radius 3 is 2.30 bits per heavy atom. The molecule has 1 aliphatic rings. The second-order valence-corrected chi connectivity index (χ2v) is 5.46. The van der Waals surface area contributed by atoms with E-state index in [9.17, 15) is 4.79 Å². The predicted molar refractivity (Wildman–Crippen MR) is 75.7 cm³/mol. The number of anilines is 1. The molecule has 1 unspecified atom stereocenters. The Labute approximate surface area is 132 Å². The van der Waals surface area contributed by atoms with Crippen LogP contribution in [0.2, 0.25) is 0 Å². The number of hydrogen-bond acceptors (Lipinski definition) is 1. The number of β-lactam (4-membered cyclic amide) rings is 1. The van der Waals surface area contributed by atoms with Crippen LogP contribution in [0.25, 0.3) is 0 Å². The van der Waals surface area contributed by atoms with Crippen LogP contribution in [0.4, 0.5) is 5.69 Å². The van der Waals surface area contributed by atoms with Gasteiger partial charge in [-0.1, -0.05) is 36.0 Å². The molecule has 1 atom stereocenters. The van der Waals surface area contributed by atoms with E-state index in [0.29, 0.717) is 0 Å². The maximum absolute atomic E-state index is 12.4. The van der Waals surface area contributed by atoms with Gasteiger partial charge in [0.05, 0.1) is 11.5 Å². The minimum atomic E-state index is -0.356. The average Bonchev–Trinajstić information content (AvgIpc) is 2.45. The third-order valence-electron chi connectivity index (χ3n) is 3.78. The molecule has 1 aliphatic heterocycles. The van der Waals surface area contributed by atoms with Crippen molar-refractivity contribution in [1.82, 2.24) is 0 Å². The van der Waals surface area contributed by atoms with Gasteiger partial charge >= 0.3 is 18.9 Å². The first-order valence-corrected chi connectivity index (χ1v) is 6.47. The van der Waals surface area contributed by atoms with Crippen LogP contribution in [-0.4, -0.2) is 5.91 Å². The van der Waals surface area contributed by atoms with Crippen molar-refractivity contribution in [1.29, 1.82) is 0 Å². The van der Waals surface area contributed by atoms with Gasteiger partial charge < -0.3 is 4.90 Å². The van der Waals surface area contributed by atoms with Crippen LogP contribution in [0, 0.1) is 11.5 Å². The van der Waals surface area contributed by atoms with Gasteiger partial charge in [-0.2, -0.15) is 24.3 Å². The van der Waals surface area contributed by atoms with E-state index in [-0.39, 0.29) is 36.2 Å². The van der Waals surface area contributed by atoms with E-state index in [1.54, 1.807) is 0 Å². The van der Waals surface area contributed by atoms with Gasteiger partial charge in [0.2, 0.25) is 5.91 Å². The minimum absolute atomic E-state index is 0. The Balaban J connectivity index is 0.00000147. The number of hydrogen-bond donors (Lipinski definition) is 0. The van der Waals surface area contributed by atoms with Crippen molar-refractivity contribution in [2.45, 2.75) is 19.9 Å². The molecule has 3 heteroatoms. The topological polar surface area (TPSA) is 20.3 Å². The summed E-state index contributed by atoms with van der Waals surface area (Å²) in [4.78, 5) is 14.2. The van der Waals surface area contributed by atoms with E-state index in [1.807, 2.05) is 61.2 Å². The molecule has 0 saturated carbocycles. The maximum Gasteiger partial charge on any atom is 1.00 e. The number of rotatable bonds is 2. The molecule has 0 radical (unpaired) electrons. The summed E-state index contributed by atoms with van der Waals surface area (Å²) in [7, 11) is 0. The third-order valence-corrected chi connectivity index (χ3v) is 3.78. The second-order valence-electron chi connectivity index (χ2n) is 5.46. The Kier molecular flexibility index (Phi) is 4.08. The number of benzene rings is 2. The van der Waals surface area contributed by atoms with E-state index in [0.717, 1.165) is 5.69 Å². The summed E-state index contributed by atoms with van der Waals surface area (Å²) in [5, 5.41) is 0. The molecule has 0 aliphatic carbocycles. The summed E-state index contributed by atoms with van der Waals surface area (Å²) in [6.07, 6.45) is 0. The molecule has 0 spiro atoms. The monoisotopic (exact) mass is 257 g/mol. The molecule has 3 rings (SSSR count). The van der Waals surface area contributed by atoms with Crippen LogP contribution in [0.3, 0.4) is 0 Å². The molecule has 0 bridgehead atoms. The van der Waals surface area contributed by atoms with Gasteiger partial charge in [-0.15, -0.1) is 6.07 Å². The molecule has 0 N–H and O–H groups in total. The normalized spacial score (nSPS) is 20.0.